The van der Waals surface area contributed by atoms with Gasteiger partial charge in [0.05, 0.1) is 0 Å². The molecule has 5 aromatic rings. The Labute approximate surface area is 285 Å². The van der Waals surface area contributed by atoms with Gasteiger partial charge in [-0.15, -0.1) is 0 Å². The summed E-state index contributed by atoms with van der Waals surface area (Å²) in [6.07, 6.45) is 5.21. The molecular formula is C44H47SiZr. The van der Waals surface area contributed by atoms with Crippen LogP contribution in [0.15, 0.2) is 114 Å². The number of benzene rings is 5. The number of allylic oxidation sites excluding steroid dienone is 2. The second-order valence-corrected chi connectivity index (χ2v) is 35.2. The molecule has 2 atom stereocenters. The van der Waals surface area contributed by atoms with Crippen molar-refractivity contribution in [1.82, 2.24) is 0 Å². The predicted octanol–water partition coefficient (Wildman–Crippen LogP) is 12.3. The summed E-state index contributed by atoms with van der Waals surface area (Å²) < 4.78 is 1.27. The molecule has 0 heterocycles. The summed E-state index contributed by atoms with van der Waals surface area (Å²) in [6.45, 7) is 19.6. The van der Waals surface area contributed by atoms with E-state index in [2.05, 4.69) is 170 Å². The van der Waals surface area contributed by atoms with Crippen LogP contribution >= 0.6 is 0 Å². The summed E-state index contributed by atoms with van der Waals surface area (Å²) in [5, 5.41) is 2.67. The van der Waals surface area contributed by atoms with Crippen molar-refractivity contribution in [1.29, 1.82) is 0 Å². The van der Waals surface area contributed by atoms with E-state index < -0.39 is 26.8 Å². The van der Waals surface area contributed by atoms with Gasteiger partial charge in [-0.05, 0) is 0 Å². The number of fused-ring (bicyclic) bond motifs is 3. The van der Waals surface area contributed by atoms with Gasteiger partial charge in [0.1, 0.15) is 0 Å². The van der Waals surface area contributed by atoms with Gasteiger partial charge in [0.25, 0.3) is 0 Å². The van der Waals surface area contributed by atoms with Crippen molar-refractivity contribution in [3.05, 3.63) is 142 Å². The molecule has 46 heavy (non-hydrogen) atoms. The molecule has 2 aliphatic carbocycles. The fourth-order valence-electron chi connectivity index (χ4n) is 8.22. The first-order valence-corrected chi connectivity index (χ1v) is 27.1. The monoisotopic (exact) mass is 693 g/mol. The van der Waals surface area contributed by atoms with E-state index in [0.717, 1.165) is 0 Å². The first-order valence-electron chi connectivity index (χ1n) is 17.2. The second kappa shape index (κ2) is 12.2. The zero-order valence-corrected chi connectivity index (χ0v) is 32.4. The Balaban J connectivity index is 1.35. The molecule has 0 fully saturated rings. The van der Waals surface area contributed by atoms with E-state index in [1.807, 2.05) is 0 Å². The first kappa shape index (κ1) is 31.5. The Hall–Kier alpha value is -3.06. The minimum atomic E-state index is -2.18. The fraction of sp³-hybridized carbons (Fsp3) is 0.273. The third-order valence-corrected chi connectivity index (χ3v) is 32.4. The number of rotatable bonds is 6. The first-order chi connectivity index (χ1) is 22.0. The third kappa shape index (κ3) is 5.40. The van der Waals surface area contributed by atoms with Crippen molar-refractivity contribution < 1.29 is 20.9 Å². The summed E-state index contributed by atoms with van der Waals surface area (Å²) in [6, 6.07) is 39.5. The van der Waals surface area contributed by atoms with Crippen molar-refractivity contribution in [2.45, 2.75) is 67.3 Å². The molecule has 7 rings (SSSR count). The van der Waals surface area contributed by atoms with Gasteiger partial charge in [0.15, 0.2) is 0 Å². The van der Waals surface area contributed by atoms with E-state index >= 15 is 0 Å². The van der Waals surface area contributed by atoms with Crippen LogP contribution in [0.1, 0.15) is 76.6 Å². The van der Waals surface area contributed by atoms with Crippen LogP contribution < -0.4 is 0 Å². The van der Waals surface area contributed by atoms with E-state index in [9.17, 15) is 0 Å². The maximum absolute atomic E-state index is 2.68. The van der Waals surface area contributed by atoms with E-state index in [1.54, 1.807) is 22.3 Å². The van der Waals surface area contributed by atoms with Gasteiger partial charge < -0.3 is 0 Å². The van der Waals surface area contributed by atoms with Crippen LogP contribution in [0, 0.1) is 5.92 Å². The molecule has 2 heteroatoms. The van der Waals surface area contributed by atoms with Crippen LogP contribution in [0.4, 0.5) is 0 Å². The van der Waals surface area contributed by atoms with Crippen molar-refractivity contribution in [2.75, 3.05) is 0 Å². The van der Waals surface area contributed by atoms with Crippen LogP contribution in [0.2, 0.25) is 13.1 Å². The van der Waals surface area contributed by atoms with Gasteiger partial charge in [0.2, 0.25) is 0 Å². The topological polar surface area (TPSA) is 0 Å². The molecule has 0 aromatic heterocycles. The van der Waals surface area contributed by atoms with Gasteiger partial charge in [-0.1, -0.05) is 0 Å². The fourth-order valence-corrected chi connectivity index (χ4v) is 31.5. The van der Waals surface area contributed by atoms with Crippen molar-refractivity contribution >= 4 is 28.8 Å². The van der Waals surface area contributed by atoms with Crippen LogP contribution in [0.3, 0.4) is 0 Å². The molecule has 0 radical (unpaired) electrons. The van der Waals surface area contributed by atoms with Crippen molar-refractivity contribution in [3.63, 3.8) is 0 Å². The summed E-state index contributed by atoms with van der Waals surface area (Å²) in [7, 11) is 0. The molecule has 0 spiro atoms. The molecule has 0 N–H and O–H groups in total. The Morgan fingerprint density at radius 3 is 1.89 bits per heavy atom. The molecule has 5 aromatic carbocycles. The molecule has 0 bridgehead atoms. The van der Waals surface area contributed by atoms with Gasteiger partial charge in [-0.25, -0.2) is 0 Å². The van der Waals surface area contributed by atoms with E-state index in [-0.39, 0.29) is 5.41 Å². The normalized spacial score (nSPS) is 17.3. The molecule has 0 saturated carbocycles. The summed E-state index contributed by atoms with van der Waals surface area (Å²) in [5.41, 5.74) is 16.6. The predicted molar refractivity (Wildman–Crippen MR) is 201 cm³/mol. The number of hydrogen-bond donors (Lipinski definition) is 0. The third-order valence-electron chi connectivity index (χ3n) is 10.5. The SMILES string of the molecule is CC1=Cc2c(-c3cccc4ccccc34)cccc2[CH]1[Zr]([CH]1C(C(C)C)=Cc2c(-c3ccc(C(C)(C)C)cc3)cccc21)[SiH](C)C. The Bertz CT molecular complexity index is 2000. The maximum atomic E-state index is 2.68. The van der Waals surface area contributed by atoms with Gasteiger partial charge in [-0.2, -0.15) is 0 Å². The standard InChI is InChI=1S/C22H25.C20H15.C2H7Si.Zr/c1-15(2)18-13-17-7-6-8-20(21(17)14-18)16-9-11-19(12-10-16)22(3,4)5;1-14-12-16-8-5-11-19(20(16)13-14)18-10-4-7-15-6-2-3-9-17(15)18;1-3-2;/h6-15H,1-5H3;2-13H,1H3;3H,1-2H3;. The zero-order valence-electron chi connectivity index (χ0n) is 28.8. The summed E-state index contributed by atoms with van der Waals surface area (Å²) >= 11 is -2.18. The summed E-state index contributed by atoms with van der Waals surface area (Å²) in [4.78, 5) is 0. The molecular weight excluding hydrogens is 648 g/mol. The van der Waals surface area contributed by atoms with Crippen molar-refractivity contribution in [2.24, 2.45) is 5.92 Å². The van der Waals surface area contributed by atoms with Crippen LogP contribution in [-0.4, -0.2) is 5.92 Å². The summed E-state index contributed by atoms with van der Waals surface area (Å²) in [5.74, 6) is -0.412. The van der Waals surface area contributed by atoms with E-state index in [4.69, 9.17) is 0 Å². The molecule has 0 aliphatic heterocycles. The molecule has 2 unspecified atom stereocenters. The Morgan fingerprint density at radius 1 is 0.630 bits per heavy atom. The van der Waals surface area contributed by atoms with Gasteiger partial charge in [0, 0.05) is 0 Å². The number of hydrogen-bond acceptors (Lipinski definition) is 0. The van der Waals surface area contributed by atoms with E-state index in [0.29, 0.717) is 13.2 Å². The molecule has 2 aliphatic rings. The average molecular weight is 695 g/mol. The Kier molecular flexibility index (Phi) is 8.36. The molecule has 0 saturated heterocycles. The van der Waals surface area contributed by atoms with Gasteiger partial charge >= 0.3 is 287 Å². The zero-order chi connectivity index (χ0) is 32.3. The second-order valence-electron chi connectivity index (χ2n) is 15.2. The van der Waals surface area contributed by atoms with Gasteiger partial charge in [-0.3, -0.25) is 0 Å². The van der Waals surface area contributed by atoms with Crippen LogP contribution in [0.25, 0.3) is 45.2 Å². The van der Waals surface area contributed by atoms with Crippen molar-refractivity contribution in [3.8, 4) is 22.3 Å². The molecule has 0 nitrogen and oxygen atoms in total. The van der Waals surface area contributed by atoms with Crippen LogP contribution in [0.5, 0.6) is 0 Å². The quantitative estimate of drug-likeness (QED) is 0.155. The average Bonchev–Trinajstić information content (AvgIpc) is 3.58. The Morgan fingerprint density at radius 2 is 1.22 bits per heavy atom. The van der Waals surface area contributed by atoms with Crippen LogP contribution in [-0.2, 0) is 26.3 Å². The molecule has 231 valence electrons. The van der Waals surface area contributed by atoms with E-state index in [1.165, 1.54) is 49.7 Å². The minimum absolute atomic E-state index is 0.159. The molecule has 0 amide bonds.